The summed E-state index contributed by atoms with van der Waals surface area (Å²) < 4.78 is 2.66. The Morgan fingerprint density at radius 1 is 0.278 bits per heavy atom. The quantitative estimate of drug-likeness (QED) is 0.125. The van der Waals surface area contributed by atoms with Gasteiger partial charge in [-0.05, 0) is 67.2 Å². The normalized spacial score (nSPS) is 11.3. The summed E-state index contributed by atoms with van der Waals surface area (Å²) >= 11 is 0. The fourth-order valence-electron chi connectivity index (χ4n) is 5.45. The van der Waals surface area contributed by atoms with Crippen molar-refractivity contribution in [2.75, 3.05) is 52.4 Å². The number of hydrogen-bond acceptors (Lipinski definition) is 0. The lowest BCUT2D eigenvalue weighted by Crippen LogP contribution is -3.00. The standard InChI is InChI=1S/2C16H36N.2ClH/c2*1-5-9-10-11-12-13-14-15-16-17(6-2,7-3)8-4;;/h2*5-16H2,1-4H3;2*1H/q2*+1;;/p-2. The van der Waals surface area contributed by atoms with Crippen LogP contribution in [0.15, 0.2) is 0 Å². The van der Waals surface area contributed by atoms with Gasteiger partial charge in [0.2, 0.25) is 0 Å². The first kappa shape index (κ1) is 43.5. The van der Waals surface area contributed by atoms with Crippen LogP contribution >= 0.6 is 0 Å². The second-order valence-electron chi connectivity index (χ2n) is 11.0. The first-order valence-electron chi connectivity index (χ1n) is 16.2. The maximum atomic E-state index is 2.34. The Morgan fingerprint density at radius 2 is 0.472 bits per heavy atom. The van der Waals surface area contributed by atoms with E-state index in [9.17, 15) is 0 Å². The molecule has 0 aromatic rings. The minimum Gasteiger partial charge on any atom is -1.00 e. The molecule has 0 saturated carbocycles. The van der Waals surface area contributed by atoms with Gasteiger partial charge in [0.1, 0.15) is 0 Å². The summed E-state index contributed by atoms with van der Waals surface area (Å²) in [6.07, 6.45) is 23.0. The summed E-state index contributed by atoms with van der Waals surface area (Å²) in [5.74, 6) is 0. The molecule has 0 spiro atoms. The summed E-state index contributed by atoms with van der Waals surface area (Å²) in [4.78, 5) is 0. The van der Waals surface area contributed by atoms with Crippen molar-refractivity contribution in [3.63, 3.8) is 0 Å². The molecule has 0 aliphatic rings. The fourth-order valence-corrected chi connectivity index (χ4v) is 5.45. The van der Waals surface area contributed by atoms with E-state index in [1.807, 2.05) is 0 Å². The SMILES string of the molecule is CCCCCCCCCC[N+](CC)(CC)CC.CCCCCCCCCC[N+](CC)(CC)CC.[Cl-].[Cl-]. The number of hydrogen-bond donors (Lipinski definition) is 0. The molecule has 0 radical (unpaired) electrons. The lowest BCUT2D eigenvalue weighted by Gasteiger charge is -2.35. The van der Waals surface area contributed by atoms with E-state index in [1.54, 1.807) is 0 Å². The molecule has 0 bridgehead atoms. The number of nitrogens with zero attached hydrogens (tertiary/aromatic N) is 2. The first-order valence-corrected chi connectivity index (χ1v) is 16.2. The van der Waals surface area contributed by atoms with Crippen molar-refractivity contribution in [3.05, 3.63) is 0 Å². The van der Waals surface area contributed by atoms with Crippen molar-refractivity contribution in [2.24, 2.45) is 0 Å². The van der Waals surface area contributed by atoms with E-state index < -0.39 is 0 Å². The van der Waals surface area contributed by atoms with Gasteiger partial charge < -0.3 is 33.8 Å². The van der Waals surface area contributed by atoms with Crippen LogP contribution in [-0.4, -0.2) is 61.3 Å². The maximum Gasteiger partial charge on any atom is 0.0786 e. The molecule has 2 nitrogen and oxygen atoms in total. The highest BCUT2D eigenvalue weighted by molar-refractivity contribution is 4.48. The minimum atomic E-state index is 0. The average molecular weight is 556 g/mol. The summed E-state index contributed by atoms with van der Waals surface area (Å²) in [6.45, 7) is 29.3. The van der Waals surface area contributed by atoms with Crippen LogP contribution in [0.4, 0.5) is 0 Å². The highest BCUT2D eigenvalue weighted by atomic mass is 35.5. The molecule has 0 aliphatic heterocycles. The van der Waals surface area contributed by atoms with Gasteiger partial charge in [-0.15, -0.1) is 0 Å². The van der Waals surface area contributed by atoms with Crippen molar-refractivity contribution in [3.8, 4) is 0 Å². The highest BCUT2D eigenvalue weighted by Gasteiger charge is 2.20. The highest BCUT2D eigenvalue weighted by Crippen LogP contribution is 2.14. The molecule has 0 unspecified atom stereocenters. The van der Waals surface area contributed by atoms with Crippen molar-refractivity contribution in [2.45, 2.75) is 158 Å². The van der Waals surface area contributed by atoms with Crippen molar-refractivity contribution in [1.29, 1.82) is 0 Å². The summed E-state index contributed by atoms with van der Waals surface area (Å²) in [5.41, 5.74) is 0. The van der Waals surface area contributed by atoms with Crippen LogP contribution in [0.2, 0.25) is 0 Å². The number of quaternary nitrogens is 2. The zero-order valence-electron chi connectivity index (χ0n) is 26.6. The van der Waals surface area contributed by atoms with Gasteiger partial charge in [-0.25, -0.2) is 0 Å². The monoisotopic (exact) mass is 555 g/mol. The van der Waals surface area contributed by atoms with Crippen LogP contribution in [0.1, 0.15) is 158 Å². The third kappa shape index (κ3) is 23.6. The van der Waals surface area contributed by atoms with Crippen LogP contribution in [0.5, 0.6) is 0 Å². The molecule has 4 heteroatoms. The molecule has 0 aromatic carbocycles. The molecule has 0 amide bonds. The van der Waals surface area contributed by atoms with Gasteiger partial charge >= 0.3 is 0 Å². The predicted octanol–water partition coefficient (Wildman–Crippen LogP) is 4.02. The maximum absolute atomic E-state index is 2.34. The van der Waals surface area contributed by atoms with Gasteiger partial charge in [-0.2, -0.15) is 0 Å². The fraction of sp³-hybridized carbons (Fsp3) is 1.00. The Labute approximate surface area is 243 Å². The molecule has 0 N–H and O–H groups in total. The molecule has 0 atom stereocenters. The van der Waals surface area contributed by atoms with E-state index in [-0.39, 0.29) is 24.8 Å². The van der Waals surface area contributed by atoms with Crippen LogP contribution in [0, 0.1) is 0 Å². The van der Waals surface area contributed by atoms with Crippen molar-refractivity contribution in [1.82, 2.24) is 0 Å². The minimum absolute atomic E-state index is 0. The van der Waals surface area contributed by atoms with Crippen molar-refractivity contribution < 1.29 is 33.8 Å². The van der Waals surface area contributed by atoms with Crippen LogP contribution in [0.3, 0.4) is 0 Å². The molecule has 0 aliphatic carbocycles. The largest absolute Gasteiger partial charge is 1.00 e. The molecule has 224 valence electrons. The second kappa shape index (κ2) is 31.7. The van der Waals surface area contributed by atoms with Crippen LogP contribution in [0.25, 0.3) is 0 Å². The first-order chi connectivity index (χ1) is 16.5. The summed E-state index contributed by atoms with van der Waals surface area (Å²) in [6, 6.07) is 0. The van der Waals surface area contributed by atoms with E-state index in [1.165, 1.54) is 164 Å². The molecular weight excluding hydrogens is 483 g/mol. The third-order valence-electron chi connectivity index (χ3n) is 9.00. The molecule has 0 fully saturated rings. The topological polar surface area (TPSA) is 0 Å². The Kier molecular flexibility index (Phi) is 38.4. The Balaban J connectivity index is -0.000000269. The molecular formula is C32H72Cl2N2. The van der Waals surface area contributed by atoms with E-state index in [0.717, 1.165) is 0 Å². The van der Waals surface area contributed by atoms with E-state index in [4.69, 9.17) is 0 Å². The molecule has 0 heterocycles. The van der Waals surface area contributed by atoms with Gasteiger partial charge in [-0.1, -0.05) is 90.9 Å². The van der Waals surface area contributed by atoms with Crippen LogP contribution in [-0.2, 0) is 0 Å². The van der Waals surface area contributed by atoms with Gasteiger partial charge in [0, 0.05) is 0 Å². The zero-order chi connectivity index (χ0) is 26.0. The van der Waals surface area contributed by atoms with Crippen molar-refractivity contribution >= 4 is 0 Å². The Morgan fingerprint density at radius 3 is 0.667 bits per heavy atom. The lowest BCUT2D eigenvalue weighted by atomic mass is 10.1. The third-order valence-corrected chi connectivity index (χ3v) is 9.00. The summed E-state index contributed by atoms with van der Waals surface area (Å²) in [5, 5.41) is 0. The van der Waals surface area contributed by atoms with Gasteiger partial charge in [0.15, 0.2) is 0 Å². The van der Waals surface area contributed by atoms with E-state index in [2.05, 4.69) is 55.4 Å². The zero-order valence-corrected chi connectivity index (χ0v) is 28.1. The lowest BCUT2D eigenvalue weighted by molar-refractivity contribution is -0.923. The predicted molar refractivity (Wildman–Crippen MR) is 159 cm³/mol. The Hall–Kier alpha value is 0.500. The van der Waals surface area contributed by atoms with E-state index in [0.29, 0.717) is 0 Å². The molecule has 0 rings (SSSR count). The number of rotatable bonds is 24. The molecule has 0 aromatic heterocycles. The molecule has 36 heavy (non-hydrogen) atoms. The van der Waals surface area contributed by atoms with Gasteiger partial charge in [-0.3, -0.25) is 0 Å². The van der Waals surface area contributed by atoms with E-state index >= 15 is 0 Å². The second-order valence-corrected chi connectivity index (χ2v) is 11.0. The Bertz CT molecular complexity index is 330. The number of halogens is 2. The van der Waals surface area contributed by atoms with Gasteiger partial charge in [0.05, 0.1) is 52.4 Å². The van der Waals surface area contributed by atoms with Crippen LogP contribution < -0.4 is 24.8 Å². The average Bonchev–Trinajstić information content (AvgIpc) is 2.88. The number of unbranched alkanes of at least 4 members (excludes halogenated alkanes) is 14. The van der Waals surface area contributed by atoms with Gasteiger partial charge in [0.25, 0.3) is 0 Å². The molecule has 0 saturated heterocycles. The summed E-state index contributed by atoms with van der Waals surface area (Å²) in [7, 11) is 0. The smallest absolute Gasteiger partial charge is 0.0786 e.